The summed E-state index contributed by atoms with van der Waals surface area (Å²) in [6, 6.07) is -0.189. The summed E-state index contributed by atoms with van der Waals surface area (Å²) in [5, 5.41) is 3.14. The molecule has 1 atom stereocenters. The van der Waals surface area contributed by atoms with Gasteiger partial charge in [0.2, 0.25) is 5.91 Å². The molecule has 0 aromatic heterocycles. The minimum absolute atomic E-state index is 0.189. The molecule has 0 aliphatic carbocycles. The Morgan fingerprint density at radius 2 is 1.83 bits per heavy atom. The van der Waals surface area contributed by atoms with E-state index in [1.807, 2.05) is 6.92 Å². The SMILES string of the molecule is CCNC(CCN(CC)CC(CC)CC)C(N)=O. The highest BCUT2D eigenvalue weighted by Gasteiger charge is 2.16. The molecule has 108 valence electrons. The molecule has 1 amide bonds. The number of carbonyl (C=O) groups is 1. The van der Waals surface area contributed by atoms with Gasteiger partial charge in [0, 0.05) is 13.1 Å². The van der Waals surface area contributed by atoms with Crippen molar-refractivity contribution in [2.75, 3.05) is 26.2 Å². The van der Waals surface area contributed by atoms with Crippen LogP contribution in [0.1, 0.15) is 47.0 Å². The second kappa shape index (κ2) is 10.3. The average Bonchev–Trinajstić information content (AvgIpc) is 2.37. The van der Waals surface area contributed by atoms with E-state index in [1.54, 1.807) is 0 Å². The third-order valence-electron chi connectivity index (χ3n) is 3.65. The summed E-state index contributed by atoms with van der Waals surface area (Å²) < 4.78 is 0. The first-order chi connectivity index (χ1) is 8.58. The van der Waals surface area contributed by atoms with Gasteiger partial charge in [-0.3, -0.25) is 4.79 Å². The standard InChI is InChI=1S/C14H31N3O/c1-5-12(6-2)11-17(8-4)10-9-13(14(15)18)16-7-3/h12-13,16H,5-11H2,1-4H3,(H2,15,18). The second-order valence-electron chi connectivity index (χ2n) is 4.88. The molecule has 0 radical (unpaired) electrons. The number of amides is 1. The number of nitrogens with two attached hydrogens (primary N) is 1. The first-order valence-electron chi connectivity index (χ1n) is 7.33. The summed E-state index contributed by atoms with van der Waals surface area (Å²) in [5.41, 5.74) is 5.38. The maximum Gasteiger partial charge on any atom is 0.234 e. The fraction of sp³-hybridized carbons (Fsp3) is 0.929. The quantitative estimate of drug-likeness (QED) is 0.591. The van der Waals surface area contributed by atoms with Crippen molar-refractivity contribution in [1.29, 1.82) is 0 Å². The Hall–Kier alpha value is -0.610. The van der Waals surface area contributed by atoms with Crippen LogP contribution in [0.25, 0.3) is 0 Å². The lowest BCUT2D eigenvalue weighted by Crippen LogP contribution is -2.44. The van der Waals surface area contributed by atoms with Crippen LogP contribution in [0.3, 0.4) is 0 Å². The summed E-state index contributed by atoms with van der Waals surface area (Å²) >= 11 is 0. The molecule has 18 heavy (non-hydrogen) atoms. The lowest BCUT2D eigenvalue weighted by molar-refractivity contribution is -0.120. The molecule has 1 unspecified atom stereocenters. The zero-order valence-corrected chi connectivity index (χ0v) is 12.5. The van der Waals surface area contributed by atoms with Gasteiger partial charge in [-0.2, -0.15) is 0 Å². The van der Waals surface area contributed by atoms with Crippen molar-refractivity contribution in [3.63, 3.8) is 0 Å². The van der Waals surface area contributed by atoms with Crippen LogP contribution in [-0.2, 0) is 4.79 Å². The van der Waals surface area contributed by atoms with Crippen LogP contribution < -0.4 is 11.1 Å². The molecular weight excluding hydrogens is 226 g/mol. The molecule has 0 bridgehead atoms. The molecule has 4 heteroatoms. The largest absolute Gasteiger partial charge is 0.368 e. The summed E-state index contributed by atoms with van der Waals surface area (Å²) in [7, 11) is 0. The zero-order valence-electron chi connectivity index (χ0n) is 12.5. The van der Waals surface area contributed by atoms with Crippen molar-refractivity contribution >= 4 is 5.91 Å². The monoisotopic (exact) mass is 257 g/mol. The fourth-order valence-corrected chi connectivity index (χ4v) is 2.19. The van der Waals surface area contributed by atoms with Gasteiger partial charge in [0.1, 0.15) is 0 Å². The Morgan fingerprint density at radius 1 is 1.22 bits per heavy atom. The molecule has 3 N–H and O–H groups in total. The van der Waals surface area contributed by atoms with Gasteiger partial charge in [0.25, 0.3) is 0 Å². The zero-order chi connectivity index (χ0) is 14.0. The molecule has 0 aliphatic heterocycles. The molecular formula is C14H31N3O. The van der Waals surface area contributed by atoms with E-state index in [0.29, 0.717) is 0 Å². The number of hydrogen-bond acceptors (Lipinski definition) is 3. The molecule has 0 saturated carbocycles. The Balaban J connectivity index is 4.14. The average molecular weight is 257 g/mol. The van der Waals surface area contributed by atoms with Gasteiger partial charge >= 0.3 is 0 Å². The first kappa shape index (κ1) is 17.4. The molecule has 0 spiro atoms. The first-order valence-corrected chi connectivity index (χ1v) is 7.33. The van der Waals surface area contributed by atoms with Gasteiger partial charge in [-0.05, 0) is 25.4 Å². The van der Waals surface area contributed by atoms with Crippen molar-refractivity contribution in [3.8, 4) is 0 Å². The van der Waals surface area contributed by atoms with Crippen molar-refractivity contribution in [1.82, 2.24) is 10.2 Å². The highest BCUT2D eigenvalue weighted by atomic mass is 16.1. The van der Waals surface area contributed by atoms with E-state index in [1.165, 1.54) is 12.8 Å². The molecule has 0 saturated heterocycles. The maximum absolute atomic E-state index is 11.3. The molecule has 0 fully saturated rings. The predicted molar refractivity (Wildman–Crippen MR) is 77.5 cm³/mol. The van der Waals surface area contributed by atoms with Crippen LogP contribution >= 0.6 is 0 Å². The van der Waals surface area contributed by atoms with Gasteiger partial charge < -0.3 is 16.0 Å². The summed E-state index contributed by atoms with van der Waals surface area (Å²) in [6.45, 7) is 12.5. The van der Waals surface area contributed by atoms with E-state index < -0.39 is 0 Å². The number of rotatable bonds is 11. The van der Waals surface area contributed by atoms with E-state index in [2.05, 4.69) is 31.0 Å². The topological polar surface area (TPSA) is 58.4 Å². The Bertz CT molecular complexity index is 217. The van der Waals surface area contributed by atoms with Crippen molar-refractivity contribution in [2.45, 2.75) is 53.0 Å². The molecule has 0 aromatic rings. The normalized spacial score (nSPS) is 13.2. The van der Waals surface area contributed by atoms with Gasteiger partial charge in [-0.15, -0.1) is 0 Å². The number of primary amides is 1. The van der Waals surface area contributed by atoms with Crippen LogP contribution in [0.5, 0.6) is 0 Å². The molecule has 4 nitrogen and oxygen atoms in total. The Labute approximate surface area is 112 Å². The number of nitrogens with one attached hydrogen (secondary N) is 1. The molecule has 0 aliphatic rings. The Morgan fingerprint density at radius 3 is 2.22 bits per heavy atom. The lowest BCUT2D eigenvalue weighted by Gasteiger charge is -2.26. The van der Waals surface area contributed by atoms with Gasteiger partial charge in [0.15, 0.2) is 0 Å². The van der Waals surface area contributed by atoms with Crippen LogP contribution in [-0.4, -0.2) is 43.0 Å². The molecule has 0 rings (SSSR count). The molecule has 0 aromatic carbocycles. The third-order valence-corrected chi connectivity index (χ3v) is 3.65. The number of nitrogens with zero attached hydrogens (tertiary/aromatic N) is 1. The minimum Gasteiger partial charge on any atom is -0.368 e. The fourth-order valence-electron chi connectivity index (χ4n) is 2.19. The summed E-state index contributed by atoms with van der Waals surface area (Å²) in [4.78, 5) is 13.7. The van der Waals surface area contributed by atoms with Gasteiger partial charge in [0.05, 0.1) is 6.04 Å². The van der Waals surface area contributed by atoms with Gasteiger partial charge in [-0.25, -0.2) is 0 Å². The highest BCUT2D eigenvalue weighted by molar-refractivity contribution is 5.79. The van der Waals surface area contributed by atoms with Gasteiger partial charge in [-0.1, -0.05) is 40.5 Å². The second-order valence-corrected chi connectivity index (χ2v) is 4.88. The van der Waals surface area contributed by atoms with Crippen molar-refractivity contribution < 1.29 is 4.79 Å². The number of carbonyl (C=O) groups excluding carboxylic acids is 1. The van der Waals surface area contributed by atoms with Crippen molar-refractivity contribution in [3.05, 3.63) is 0 Å². The van der Waals surface area contributed by atoms with E-state index in [0.717, 1.165) is 38.5 Å². The maximum atomic E-state index is 11.3. The number of likely N-dealkylation sites (N-methyl/N-ethyl adjacent to an activating group) is 1. The van der Waals surface area contributed by atoms with E-state index >= 15 is 0 Å². The van der Waals surface area contributed by atoms with Crippen LogP contribution in [0, 0.1) is 5.92 Å². The van der Waals surface area contributed by atoms with Crippen LogP contribution in [0.4, 0.5) is 0 Å². The van der Waals surface area contributed by atoms with E-state index in [9.17, 15) is 4.79 Å². The Kier molecular flexibility index (Phi) is 9.98. The lowest BCUT2D eigenvalue weighted by atomic mass is 10.0. The highest BCUT2D eigenvalue weighted by Crippen LogP contribution is 2.10. The third kappa shape index (κ3) is 6.97. The van der Waals surface area contributed by atoms with Crippen LogP contribution in [0.15, 0.2) is 0 Å². The smallest absolute Gasteiger partial charge is 0.234 e. The van der Waals surface area contributed by atoms with Crippen LogP contribution in [0.2, 0.25) is 0 Å². The molecule has 0 heterocycles. The van der Waals surface area contributed by atoms with E-state index in [4.69, 9.17) is 5.73 Å². The minimum atomic E-state index is -0.240. The van der Waals surface area contributed by atoms with Crippen molar-refractivity contribution in [2.24, 2.45) is 11.7 Å². The summed E-state index contributed by atoms with van der Waals surface area (Å²) in [5.74, 6) is 0.520. The summed E-state index contributed by atoms with van der Waals surface area (Å²) in [6.07, 6.45) is 3.25. The predicted octanol–water partition coefficient (Wildman–Crippen LogP) is 1.60. The van der Waals surface area contributed by atoms with E-state index in [-0.39, 0.29) is 11.9 Å². The number of hydrogen-bond donors (Lipinski definition) is 2.